The van der Waals surface area contributed by atoms with Crippen molar-refractivity contribution in [1.29, 1.82) is 0 Å². The first kappa shape index (κ1) is 14.3. The van der Waals surface area contributed by atoms with Crippen molar-refractivity contribution in [3.8, 4) is 11.5 Å². The number of hydrogen-bond donors (Lipinski definition) is 3. The monoisotopic (exact) mass is 252 g/mol. The standard InChI is InChI=1S/C13H20N2O3/c1-4-14-13(17)9(2)15-8-10-5-6-12(18-3)11(16)7-10/h5-7,9,15-16H,4,8H2,1-3H3,(H,14,17). The summed E-state index contributed by atoms with van der Waals surface area (Å²) in [5, 5.41) is 15.4. The second-order valence-corrected chi connectivity index (χ2v) is 4.00. The minimum atomic E-state index is -0.269. The van der Waals surface area contributed by atoms with E-state index in [1.807, 2.05) is 13.0 Å². The van der Waals surface area contributed by atoms with Gasteiger partial charge in [-0.2, -0.15) is 0 Å². The van der Waals surface area contributed by atoms with Crippen molar-refractivity contribution in [2.24, 2.45) is 0 Å². The summed E-state index contributed by atoms with van der Waals surface area (Å²) in [6, 6.07) is 4.89. The van der Waals surface area contributed by atoms with Crippen LogP contribution in [0.15, 0.2) is 18.2 Å². The van der Waals surface area contributed by atoms with Crippen LogP contribution in [0.5, 0.6) is 11.5 Å². The summed E-state index contributed by atoms with van der Waals surface area (Å²) < 4.78 is 4.96. The Morgan fingerprint density at radius 1 is 1.50 bits per heavy atom. The van der Waals surface area contributed by atoms with E-state index < -0.39 is 0 Å². The number of rotatable bonds is 6. The van der Waals surface area contributed by atoms with Gasteiger partial charge in [0.25, 0.3) is 0 Å². The van der Waals surface area contributed by atoms with Crippen LogP contribution in [-0.2, 0) is 11.3 Å². The molecule has 0 aromatic heterocycles. The van der Waals surface area contributed by atoms with E-state index in [4.69, 9.17) is 4.74 Å². The fourth-order valence-corrected chi connectivity index (χ4v) is 1.54. The molecule has 1 unspecified atom stereocenters. The molecule has 5 nitrogen and oxygen atoms in total. The molecular weight excluding hydrogens is 232 g/mol. The van der Waals surface area contributed by atoms with Crippen molar-refractivity contribution in [2.75, 3.05) is 13.7 Å². The molecule has 1 amide bonds. The third kappa shape index (κ3) is 3.92. The summed E-state index contributed by atoms with van der Waals surface area (Å²) in [5.41, 5.74) is 0.893. The highest BCUT2D eigenvalue weighted by Gasteiger charge is 2.11. The van der Waals surface area contributed by atoms with Crippen LogP contribution < -0.4 is 15.4 Å². The number of carbonyl (C=O) groups is 1. The third-order valence-corrected chi connectivity index (χ3v) is 2.60. The Morgan fingerprint density at radius 2 is 2.22 bits per heavy atom. The molecule has 0 fully saturated rings. The number of methoxy groups -OCH3 is 1. The van der Waals surface area contributed by atoms with Crippen LogP contribution in [0.3, 0.4) is 0 Å². The van der Waals surface area contributed by atoms with Crippen molar-refractivity contribution in [1.82, 2.24) is 10.6 Å². The molecule has 0 heterocycles. The summed E-state index contributed by atoms with van der Waals surface area (Å²) >= 11 is 0. The molecule has 0 saturated carbocycles. The van der Waals surface area contributed by atoms with E-state index in [-0.39, 0.29) is 17.7 Å². The van der Waals surface area contributed by atoms with E-state index in [0.29, 0.717) is 18.8 Å². The molecule has 0 aliphatic carbocycles. The zero-order valence-corrected chi connectivity index (χ0v) is 11.0. The minimum absolute atomic E-state index is 0.0322. The number of phenols is 1. The Hall–Kier alpha value is -1.75. The Morgan fingerprint density at radius 3 is 2.78 bits per heavy atom. The highest BCUT2D eigenvalue weighted by molar-refractivity contribution is 5.81. The molecule has 18 heavy (non-hydrogen) atoms. The number of aromatic hydroxyl groups is 1. The van der Waals surface area contributed by atoms with Gasteiger partial charge in [-0.25, -0.2) is 0 Å². The van der Waals surface area contributed by atoms with Crippen LogP contribution in [0, 0.1) is 0 Å². The SMILES string of the molecule is CCNC(=O)C(C)NCc1ccc(OC)c(O)c1. The largest absolute Gasteiger partial charge is 0.504 e. The van der Waals surface area contributed by atoms with Gasteiger partial charge in [0, 0.05) is 13.1 Å². The van der Waals surface area contributed by atoms with Crippen LogP contribution in [0.4, 0.5) is 0 Å². The lowest BCUT2D eigenvalue weighted by atomic mass is 10.2. The Labute approximate surface area is 107 Å². The van der Waals surface area contributed by atoms with E-state index in [0.717, 1.165) is 5.56 Å². The van der Waals surface area contributed by atoms with Crippen LogP contribution >= 0.6 is 0 Å². The number of amides is 1. The first-order valence-electron chi connectivity index (χ1n) is 5.95. The number of carbonyl (C=O) groups excluding carboxylic acids is 1. The van der Waals surface area contributed by atoms with Crippen molar-refractivity contribution in [3.63, 3.8) is 0 Å². The number of hydrogen-bond acceptors (Lipinski definition) is 4. The molecule has 3 N–H and O–H groups in total. The van der Waals surface area contributed by atoms with Crippen molar-refractivity contribution in [2.45, 2.75) is 26.4 Å². The highest BCUT2D eigenvalue weighted by Crippen LogP contribution is 2.26. The molecule has 1 rings (SSSR count). The van der Waals surface area contributed by atoms with Gasteiger partial charge in [-0.1, -0.05) is 6.07 Å². The molecule has 0 saturated heterocycles. The maximum absolute atomic E-state index is 11.5. The fraction of sp³-hybridized carbons (Fsp3) is 0.462. The summed E-state index contributed by atoms with van der Waals surface area (Å²) in [5.74, 6) is 0.508. The summed E-state index contributed by atoms with van der Waals surface area (Å²) in [6.45, 7) is 4.81. The minimum Gasteiger partial charge on any atom is -0.504 e. The number of benzene rings is 1. The zero-order valence-electron chi connectivity index (χ0n) is 11.0. The predicted molar refractivity (Wildman–Crippen MR) is 69.6 cm³/mol. The molecule has 100 valence electrons. The molecule has 0 aliphatic rings. The Kier molecular flexibility index (Phi) is 5.45. The summed E-state index contributed by atoms with van der Waals surface area (Å²) in [7, 11) is 1.50. The Balaban J connectivity index is 2.53. The second-order valence-electron chi connectivity index (χ2n) is 4.00. The molecule has 5 heteroatoms. The summed E-state index contributed by atoms with van der Waals surface area (Å²) in [4.78, 5) is 11.5. The van der Waals surface area contributed by atoms with Crippen LogP contribution in [0.2, 0.25) is 0 Å². The van der Waals surface area contributed by atoms with E-state index in [2.05, 4.69) is 10.6 Å². The van der Waals surface area contributed by atoms with Crippen molar-refractivity contribution >= 4 is 5.91 Å². The quantitative estimate of drug-likeness (QED) is 0.707. The van der Waals surface area contributed by atoms with Gasteiger partial charge in [-0.3, -0.25) is 4.79 Å². The van der Waals surface area contributed by atoms with Crippen LogP contribution in [0.25, 0.3) is 0 Å². The zero-order chi connectivity index (χ0) is 13.5. The van der Waals surface area contributed by atoms with E-state index >= 15 is 0 Å². The molecule has 0 aliphatic heterocycles. The lowest BCUT2D eigenvalue weighted by Crippen LogP contribution is -2.41. The van der Waals surface area contributed by atoms with Gasteiger partial charge in [0.15, 0.2) is 11.5 Å². The number of likely N-dealkylation sites (N-methyl/N-ethyl adjacent to an activating group) is 1. The highest BCUT2D eigenvalue weighted by atomic mass is 16.5. The lowest BCUT2D eigenvalue weighted by Gasteiger charge is -2.13. The van der Waals surface area contributed by atoms with Gasteiger partial charge >= 0.3 is 0 Å². The average Bonchev–Trinajstić information content (AvgIpc) is 2.36. The van der Waals surface area contributed by atoms with Gasteiger partial charge < -0.3 is 20.5 Å². The molecule has 1 aromatic carbocycles. The van der Waals surface area contributed by atoms with E-state index in [1.54, 1.807) is 19.1 Å². The van der Waals surface area contributed by atoms with Gasteiger partial charge in [0.2, 0.25) is 5.91 Å². The van der Waals surface area contributed by atoms with Crippen LogP contribution in [-0.4, -0.2) is 30.7 Å². The molecule has 1 atom stereocenters. The summed E-state index contributed by atoms with van der Waals surface area (Å²) in [6.07, 6.45) is 0. The first-order valence-corrected chi connectivity index (χ1v) is 5.95. The topological polar surface area (TPSA) is 70.6 Å². The number of phenolic OH excluding ortho intramolecular Hbond substituents is 1. The lowest BCUT2D eigenvalue weighted by molar-refractivity contribution is -0.122. The maximum atomic E-state index is 11.5. The van der Waals surface area contributed by atoms with E-state index in [9.17, 15) is 9.90 Å². The van der Waals surface area contributed by atoms with Gasteiger partial charge in [0.05, 0.1) is 13.2 Å². The second kappa shape index (κ2) is 6.86. The van der Waals surface area contributed by atoms with Crippen LogP contribution in [0.1, 0.15) is 19.4 Å². The number of nitrogens with one attached hydrogen (secondary N) is 2. The Bertz CT molecular complexity index is 407. The first-order chi connectivity index (χ1) is 8.58. The molecule has 0 bridgehead atoms. The number of ether oxygens (including phenoxy) is 1. The fourth-order valence-electron chi connectivity index (χ4n) is 1.54. The van der Waals surface area contributed by atoms with Gasteiger partial charge in [0.1, 0.15) is 0 Å². The third-order valence-electron chi connectivity index (χ3n) is 2.60. The predicted octanol–water partition coefficient (Wildman–Crippen LogP) is 1.01. The maximum Gasteiger partial charge on any atom is 0.236 e. The molecular formula is C13H20N2O3. The van der Waals surface area contributed by atoms with Crippen molar-refractivity contribution in [3.05, 3.63) is 23.8 Å². The smallest absolute Gasteiger partial charge is 0.236 e. The molecule has 0 spiro atoms. The molecule has 0 radical (unpaired) electrons. The normalized spacial score (nSPS) is 11.9. The van der Waals surface area contributed by atoms with E-state index in [1.165, 1.54) is 7.11 Å². The van der Waals surface area contributed by atoms with Gasteiger partial charge in [-0.05, 0) is 31.5 Å². The van der Waals surface area contributed by atoms with Crippen molar-refractivity contribution < 1.29 is 14.6 Å². The average molecular weight is 252 g/mol. The molecule has 1 aromatic rings. The van der Waals surface area contributed by atoms with Gasteiger partial charge in [-0.15, -0.1) is 0 Å².